The van der Waals surface area contributed by atoms with Crippen LogP contribution in [-0.2, 0) is 53.9 Å². The maximum atomic E-state index is 8.96. The van der Waals surface area contributed by atoms with Crippen LogP contribution in [0.3, 0.4) is 0 Å². The van der Waals surface area contributed by atoms with Gasteiger partial charge in [0.05, 0.1) is 0 Å². The molecule has 11 heteroatoms. The van der Waals surface area contributed by atoms with Crippen molar-refractivity contribution in [1.82, 2.24) is 15.0 Å². The van der Waals surface area contributed by atoms with Crippen molar-refractivity contribution in [2.45, 2.75) is 20.4 Å². The Kier molecular flexibility index (Phi) is 25.0. The summed E-state index contributed by atoms with van der Waals surface area (Å²) in [5.41, 5.74) is 5.72. The second-order valence-corrected chi connectivity index (χ2v) is 7.17. The third kappa shape index (κ3) is 12.1. The van der Waals surface area contributed by atoms with Gasteiger partial charge in [-0.25, -0.2) is 0 Å². The van der Waals surface area contributed by atoms with E-state index in [1.807, 2.05) is 35.9 Å². The van der Waals surface area contributed by atoms with Gasteiger partial charge in [0, 0.05) is 0 Å². The van der Waals surface area contributed by atoms with Gasteiger partial charge in [-0.2, -0.15) is 0 Å². The van der Waals surface area contributed by atoms with E-state index in [1.54, 1.807) is 0 Å². The Labute approximate surface area is 219 Å². The predicted molar refractivity (Wildman–Crippen MR) is 116 cm³/mol. The zero-order chi connectivity index (χ0) is 28.5. The molecule has 1 aromatic heterocycles. The van der Waals surface area contributed by atoms with E-state index >= 15 is 0 Å². The molecule has 0 aliphatic carbocycles. The number of aromatic nitrogens is 3. The van der Waals surface area contributed by atoms with Crippen LogP contribution in [0.1, 0.15) is 29.3 Å². The van der Waals surface area contributed by atoms with E-state index in [-0.39, 0.29) is 0 Å². The van der Waals surface area contributed by atoms with Crippen molar-refractivity contribution >= 4 is 4.08 Å². The number of hydrogen-bond donors (Lipinski definition) is 0. The van der Waals surface area contributed by atoms with Crippen molar-refractivity contribution in [2.24, 2.45) is 0 Å². The van der Waals surface area contributed by atoms with Crippen molar-refractivity contribution in [3.63, 3.8) is 0 Å². The summed E-state index contributed by atoms with van der Waals surface area (Å²) in [5, 5.41) is 17.7. The van der Waals surface area contributed by atoms with Crippen LogP contribution in [-0.4, -0.2) is 25.7 Å². The first-order valence-electron chi connectivity index (χ1n) is 9.31. The molecule has 2 aromatic carbocycles. The van der Waals surface area contributed by atoms with E-state index in [9.17, 15) is 0 Å². The Bertz CT molecular complexity index is 1150. The third-order valence-corrected chi connectivity index (χ3v) is 5.06. The Morgan fingerprint density at radius 1 is 0.917 bits per heavy atom. The second-order valence-electron chi connectivity index (χ2n) is 5.84. The number of aryl methyl sites for hydroxylation is 1. The van der Waals surface area contributed by atoms with Gasteiger partial charge in [-0.3, -0.25) is 0 Å². The van der Waals surface area contributed by atoms with E-state index in [1.165, 1.54) is 24.9 Å². The number of nitriles is 1. The van der Waals surface area contributed by atoms with E-state index in [2.05, 4.69) is 80.8 Å². The van der Waals surface area contributed by atoms with Gasteiger partial charge in [-0.1, -0.05) is 0 Å². The summed E-state index contributed by atoms with van der Waals surface area (Å²) in [6, 6.07) is 18.0. The molecular formula is C25H18N4O6W. The third-order valence-electron chi connectivity index (χ3n) is 3.94. The monoisotopic (exact) mass is 654 g/mol. The minimum atomic E-state index is 0.580. The fourth-order valence-corrected chi connectivity index (χ4v) is 3.53. The van der Waals surface area contributed by atoms with Crippen molar-refractivity contribution in [3.05, 3.63) is 104 Å². The summed E-state index contributed by atoms with van der Waals surface area (Å²) in [6.45, 7) is 27.7. The fraction of sp³-hybridized carbons (Fsp3) is 0.160. The van der Waals surface area contributed by atoms with Crippen molar-refractivity contribution in [1.29, 1.82) is 5.26 Å². The molecule has 0 aliphatic heterocycles. The Morgan fingerprint density at radius 2 is 1.42 bits per heavy atom. The molecule has 0 fully saturated rings. The molecule has 1 heterocycles. The number of nitrogens with zero attached hydrogens (tertiary/aromatic N) is 4. The van der Waals surface area contributed by atoms with Gasteiger partial charge in [0.25, 0.3) is 0 Å². The molecule has 0 N–H and O–H groups in total. The summed E-state index contributed by atoms with van der Waals surface area (Å²) in [5.74, 6) is 0. The first-order valence-corrected chi connectivity index (χ1v) is 10.8. The van der Waals surface area contributed by atoms with Crippen LogP contribution in [0.2, 0.25) is 0 Å². The summed E-state index contributed by atoms with van der Waals surface area (Å²) in [4.78, 5) is 0. The van der Waals surface area contributed by atoms with Gasteiger partial charge in [0.2, 0.25) is 0 Å². The molecule has 0 saturated carbocycles. The SMILES string of the molecule is CCO[C](=[W])c1nnn(Cc2ccc(C#N)cc2)c1-c1ccc(C)cc1.[C-]#[O+].[C-]#[O+].[C-]#[O+].[C-]#[O+].[C-]#[O+]. The quantitative estimate of drug-likeness (QED) is 0.295. The van der Waals surface area contributed by atoms with Crippen LogP contribution in [0, 0.1) is 51.5 Å². The second kappa shape index (κ2) is 24.4. The van der Waals surface area contributed by atoms with Crippen LogP contribution in [0.15, 0.2) is 48.5 Å². The van der Waals surface area contributed by atoms with Crippen molar-refractivity contribution < 1.29 is 47.4 Å². The van der Waals surface area contributed by atoms with Gasteiger partial charge in [0.15, 0.2) is 0 Å². The molecule has 180 valence electrons. The molecule has 0 atom stereocenters. The zero-order valence-electron chi connectivity index (χ0n) is 19.2. The van der Waals surface area contributed by atoms with Crippen LogP contribution < -0.4 is 0 Å². The van der Waals surface area contributed by atoms with E-state index in [4.69, 9.17) is 33.3 Å². The summed E-state index contributed by atoms with van der Waals surface area (Å²) in [6.07, 6.45) is 0. The summed E-state index contributed by atoms with van der Waals surface area (Å²) in [7, 11) is 0. The zero-order valence-corrected chi connectivity index (χ0v) is 22.1. The molecule has 36 heavy (non-hydrogen) atoms. The standard InChI is InChI=1S/C20H18N4O.5CO.W/c1-3-25-14-19-20(18-10-4-15(2)5-11-18)24(23-22-19)13-17-8-6-16(12-21)7-9-17;5*1-2;/h4-11H,3,13H2,1-2H3;;;;;;. The van der Waals surface area contributed by atoms with Crippen molar-refractivity contribution in [3.8, 4) is 17.3 Å². The normalized spacial score (nSPS) is 7.86. The molecule has 0 unspecified atom stereocenters. The summed E-state index contributed by atoms with van der Waals surface area (Å²) >= 11 is 1.22. The van der Waals surface area contributed by atoms with Gasteiger partial charge in [-0.05, 0) is 0 Å². The molecule has 0 aliphatic rings. The maximum absolute atomic E-state index is 8.96. The molecule has 0 amide bonds. The number of benzene rings is 2. The van der Waals surface area contributed by atoms with E-state index in [0.717, 1.165) is 26.6 Å². The van der Waals surface area contributed by atoms with Crippen LogP contribution >= 0.6 is 0 Å². The van der Waals surface area contributed by atoms with Crippen molar-refractivity contribution in [2.75, 3.05) is 6.61 Å². The van der Waals surface area contributed by atoms with Gasteiger partial charge >= 0.3 is 220 Å². The molecule has 0 saturated heterocycles. The van der Waals surface area contributed by atoms with Gasteiger partial charge in [0.1, 0.15) is 0 Å². The van der Waals surface area contributed by atoms with Crippen LogP contribution in [0.5, 0.6) is 0 Å². The predicted octanol–water partition coefficient (Wildman–Crippen LogP) is 3.05. The van der Waals surface area contributed by atoms with E-state index in [0.29, 0.717) is 18.7 Å². The van der Waals surface area contributed by atoms with Gasteiger partial charge < -0.3 is 0 Å². The van der Waals surface area contributed by atoms with Crippen LogP contribution in [0.4, 0.5) is 0 Å². The molecule has 0 bridgehead atoms. The topological polar surface area (TPSA) is 163 Å². The summed E-state index contributed by atoms with van der Waals surface area (Å²) < 4.78 is 45.9. The Hall–Kier alpha value is -3.71. The fourth-order valence-electron chi connectivity index (χ4n) is 2.62. The molecule has 3 rings (SSSR count). The molecule has 3 aromatic rings. The Morgan fingerprint density at radius 3 is 1.86 bits per heavy atom. The first kappa shape index (κ1) is 36.8. The van der Waals surface area contributed by atoms with E-state index < -0.39 is 0 Å². The average Bonchev–Trinajstić information content (AvgIpc) is 3.39. The number of ether oxygens (including phenoxy) is 1. The van der Waals surface area contributed by atoms with Gasteiger partial charge in [-0.15, -0.1) is 0 Å². The molecule has 0 radical (unpaired) electrons. The molecule has 0 spiro atoms. The average molecular weight is 654 g/mol. The number of rotatable bonds is 6. The van der Waals surface area contributed by atoms with Crippen LogP contribution in [0.25, 0.3) is 11.3 Å². The number of hydrogen-bond acceptors (Lipinski definition) is 4. The Balaban J connectivity index is -0.000000973. The molecule has 10 nitrogen and oxygen atoms in total. The minimum absolute atomic E-state index is 0.580. The molecular weight excluding hydrogens is 636 g/mol. The first-order chi connectivity index (χ1) is 17.6.